The second-order valence-corrected chi connectivity index (χ2v) is 5.56. The molecule has 2 aromatic heterocycles. The summed E-state index contributed by atoms with van der Waals surface area (Å²) in [5.74, 6) is -0.136. The number of carbonyl (C=O) groups excluding carboxylic acids is 1. The van der Waals surface area contributed by atoms with E-state index in [0.717, 1.165) is 17.5 Å². The molecule has 0 aliphatic rings. The van der Waals surface area contributed by atoms with Gasteiger partial charge in [0.15, 0.2) is 0 Å². The number of hydrogen-bond acceptors (Lipinski definition) is 3. The molecule has 0 spiro atoms. The van der Waals surface area contributed by atoms with Crippen LogP contribution < -0.4 is 10.9 Å². The van der Waals surface area contributed by atoms with Gasteiger partial charge in [-0.2, -0.15) is 0 Å². The molecule has 1 amide bonds. The molecule has 2 heterocycles. The lowest BCUT2D eigenvalue weighted by atomic mass is 10.2. The Kier molecular flexibility index (Phi) is 3.85. The van der Waals surface area contributed by atoms with Crippen molar-refractivity contribution < 1.29 is 4.79 Å². The molecule has 2 rings (SSSR count). The fourth-order valence-corrected chi connectivity index (χ4v) is 2.88. The van der Waals surface area contributed by atoms with Crippen LogP contribution in [-0.4, -0.2) is 10.9 Å². The summed E-state index contributed by atoms with van der Waals surface area (Å²) in [7, 11) is 0. The smallest absolute Gasteiger partial charge is 0.265 e. The highest BCUT2D eigenvalue weighted by Gasteiger charge is 2.12. The number of carbonyl (C=O) groups is 1. The number of rotatable bonds is 3. The fourth-order valence-electron chi connectivity index (χ4n) is 1.87. The molecule has 0 fully saturated rings. The second-order valence-electron chi connectivity index (χ2n) is 4.42. The van der Waals surface area contributed by atoms with E-state index in [1.54, 1.807) is 6.92 Å². The zero-order valence-electron chi connectivity index (χ0n) is 11.2. The highest BCUT2D eigenvalue weighted by Crippen LogP contribution is 2.23. The van der Waals surface area contributed by atoms with E-state index in [1.807, 2.05) is 13.0 Å². The minimum Gasteiger partial charge on any atom is -0.327 e. The molecule has 2 aromatic rings. The molecule has 0 unspecified atom stereocenters. The number of aromatic nitrogens is 1. The Morgan fingerprint density at radius 1 is 1.32 bits per heavy atom. The van der Waals surface area contributed by atoms with Gasteiger partial charge in [-0.15, -0.1) is 11.3 Å². The zero-order chi connectivity index (χ0) is 14.0. The van der Waals surface area contributed by atoms with E-state index in [4.69, 9.17) is 0 Å². The van der Waals surface area contributed by atoms with Gasteiger partial charge in [0, 0.05) is 17.1 Å². The highest BCUT2D eigenvalue weighted by molar-refractivity contribution is 7.14. The SMILES string of the molecule is CCc1sc(C(=O)Nc2c[nH]c(=O)cc2C)cc1C. The summed E-state index contributed by atoms with van der Waals surface area (Å²) in [6, 6.07) is 3.37. The zero-order valence-corrected chi connectivity index (χ0v) is 12.0. The normalized spacial score (nSPS) is 10.5. The molecule has 0 saturated carbocycles. The maximum absolute atomic E-state index is 12.1. The lowest BCUT2D eigenvalue weighted by Gasteiger charge is -2.05. The maximum Gasteiger partial charge on any atom is 0.265 e. The van der Waals surface area contributed by atoms with Crippen molar-refractivity contribution in [3.63, 3.8) is 0 Å². The van der Waals surface area contributed by atoms with Crippen LogP contribution >= 0.6 is 11.3 Å². The van der Waals surface area contributed by atoms with E-state index in [9.17, 15) is 9.59 Å². The van der Waals surface area contributed by atoms with Crippen LogP contribution in [0.5, 0.6) is 0 Å². The average molecular weight is 276 g/mol. The molecule has 5 heteroatoms. The molecule has 0 bridgehead atoms. The monoisotopic (exact) mass is 276 g/mol. The average Bonchev–Trinajstić information content (AvgIpc) is 2.74. The number of aromatic amines is 1. The standard InChI is InChI=1S/C14H16N2O2S/c1-4-11-9(3)5-12(19-11)14(18)16-10-7-15-13(17)6-8(10)2/h5-7H,4H2,1-3H3,(H,15,17)(H,16,18). The number of amides is 1. The van der Waals surface area contributed by atoms with Crippen molar-refractivity contribution in [2.75, 3.05) is 5.32 Å². The van der Waals surface area contributed by atoms with Crippen LogP contribution in [0, 0.1) is 13.8 Å². The Morgan fingerprint density at radius 3 is 2.63 bits per heavy atom. The van der Waals surface area contributed by atoms with Crippen LogP contribution in [-0.2, 0) is 6.42 Å². The van der Waals surface area contributed by atoms with Crippen molar-refractivity contribution in [2.24, 2.45) is 0 Å². The van der Waals surface area contributed by atoms with Crippen molar-refractivity contribution in [3.8, 4) is 0 Å². The molecule has 0 aromatic carbocycles. The molecule has 100 valence electrons. The van der Waals surface area contributed by atoms with Gasteiger partial charge < -0.3 is 10.3 Å². The van der Waals surface area contributed by atoms with Crippen molar-refractivity contribution in [3.05, 3.63) is 49.6 Å². The molecule has 0 atom stereocenters. The van der Waals surface area contributed by atoms with Crippen molar-refractivity contribution >= 4 is 22.9 Å². The number of pyridine rings is 1. The van der Waals surface area contributed by atoms with E-state index < -0.39 is 0 Å². The topological polar surface area (TPSA) is 62.0 Å². The second kappa shape index (κ2) is 5.40. The Balaban J connectivity index is 2.22. The van der Waals surface area contributed by atoms with E-state index in [0.29, 0.717) is 10.6 Å². The van der Waals surface area contributed by atoms with Crippen molar-refractivity contribution in [1.82, 2.24) is 4.98 Å². The van der Waals surface area contributed by atoms with E-state index in [2.05, 4.69) is 17.2 Å². The van der Waals surface area contributed by atoms with Crippen LogP contribution in [0.1, 0.15) is 32.6 Å². The molecule has 0 saturated heterocycles. The van der Waals surface area contributed by atoms with Crippen LogP contribution in [0.2, 0.25) is 0 Å². The van der Waals surface area contributed by atoms with Crippen molar-refractivity contribution in [1.29, 1.82) is 0 Å². The Morgan fingerprint density at radius 2 is 2.05 bits per heavy atom. The molecule has 0 radical (unpaired) electrons. The summed E-state index contributed by atoms with van der Waals surface area (Å²) in [4.78, 5) is 27.7. The van der Waals surface area contributed by atoms with E-state index in [-0.39, 0.29) is 11.5 Å². The van der Waals surface area contributed by atoms with Gasteiger partial charge in [0.25, 0.3) is 5.91 Å². The molecular formula is C14H16N2O2S. The summed E-state index contributed by atoms with van der Waals surface area (Å²) in [6.45, 7) is 5.88. The Bertz CT molecular complexity index is 670. The predicted octanol–water partition coefficient (Wildman–Crippen LogP) is 2.87. The number of thiophene rings is 1. The van der Waals surface area contributed by atoms with Gasteiger partial charge in [-0.25, -0.2) is 0 Å². The molecule has 2 N–H and O–H groups in total. The quantitative estimate of drug-likeness (QED) is 0.905. The van der Waals surface area contributed by atoms with Gasteiger partial charge in [0.2, 0.25) is 5.56 Å². The minimum atomic E-state index is -0.171. The summed E-state index contributed by atoms with van der Waals surface area (Å²) < 4.78 is 0. The highest BCUT2D eigenvalue weighted by atomic mass is 32.1. The first-order valence-corrected chi connectivity index (χ1v) is 6.93. The number of H-pyrrole nitrogens is 1. The Hall–Kier alpha value is -1.88. The third kappa shape index (κ3) is 2.93. The first-order valence-electron chi connectivity index (χ1n) is 6.11. The lowest BCUT2D eigenvalue weighted by Crippen LogP contribution is -2.14. The van der Waals surface area contributed by atoms with Gasteiger partial charge in [-0.1, -0.05) is 6.92 Å². The molecular weight excluding hydrogens is 260 g/mol. The molecule has 19 heavy (non-hydrogen) atoms. The summed E-state index contributed by atoms with van der Waals surface area (Å²) >= 11 is 1.51. The first-order chi connectivity index (χ1) is 9.01. The van der Waals surface area contributed by atoms with Crippen LogP contribution in [0.4, 0.5) is 5.69 Å². The summed E-state index contributed by atoms with van der Waals surface area (Å²) in [5, 5.41) is 2.82. The maximum atomic E-state index is 12.1. The largest absolute Gasteiger partial charge is 0.327 e. The first kappa shape index (κ1) is 13.5. The minimum absolute atomic E-state index is 0.136. The van der Waals surface area contributed by atoms with E-state index >= 15 is 0 Å². The third-order valence-electron chi connectivity index (χ3n) is 2.94. The van der Waals surface area contributed by atoms with Gasteiger partial charge in [0.1, 0.15) is 0 Å². The summed E-state index contributed by atoms with van der Waals surface area (Å²) in [6.07, 6.45) is 2.46. The number of hydrogen-bond donors (Lipinski definition) is 2. The van der Waals surface area contributed by atoms with Crippen molar-refractivity contribution in [2.45, 2.75) is 27.2 Å². The van der Waals surface area contributed by atoms with Gasteiger partial charge in [-0.05, 0) is 37.5 Å². The Labute approximate surface area is 115 Å². The van der Waals surface area contributed by atoms with Crippen LogP contribution in [0.15, 0.2) is 23.1 Å². The predicted molar refractivity (Wildman–Crippen MR) is 78.2 cm³/mol. The van der Waals surface area contributed by atoms with Crippen LogP contribution in [0.25, 0.3) is 0 Å². The third-order valence-corrected chi connectivity index (χ3v) is 4.33. The number of nitrogens with one attached hydrogen (secondary N) is 2. The fraction of sp³-hybridized carbons (Fsp3) is 0.286. The number of anilines is 1. The number of aryl methyl sites for hydroxylation is 3. The van der Waals surface area contributed by atoms with Crippen LogP contribution in [0.3, 0.4) is 0 Å². The summed E-state index contributed by atoms with van der Waals surface area (Å²) in [5.41, 5.74) is 2.36. The van der Waals surface area contributed by atoms with Gasteiger partial charge >= 0.3 is 0 Å². The van der Waals surface area contributed by atoms with Gasteiger partial charge in [-0.3, -0.25) is 9.59 Å². The lowest BCUT2D eigenvalue weighted by molar-refractivity contribution is 0.103. The van der Waals surface area contributed by atoms with E-state index in [1.165, 1.54) is 28.5 Å². The molecule has 0 aliphatic heterocycles. The molecule has 0 aliphatic carbocycles. The van der Waals surface area contributed by atoms with Gasteiger partial charge in [0.05, 0.1) is 10.6 Å². The molecule has 4 nitrogen and oxygen atoms in total.